The lowest BCUT2D eigenvalue weighted by Crippen LogP contribution is -2.30. The van der Waals surface area contributed by atoms with Crippen molar-refractivity contribution in [2.45, 2.75) is 13.3 Å². The second kappa shape index (κ2) is 6.05. The predicted molar refractivity (Wildman–Crippen MR) is 58.1 cm³/mol. The molecule has 0 unspecified atom stereocenters. The first-order chi connectivity index (χ1) is 7.61. The molecule has 0 bridgehead atoms. The van der Waals surface area contributed by atoms with Gasteiger partial charge in [-0.15, -0.1) is 0 Å². The number of anilines is 1. The van der Waals surface area contributed by atoms with Gasteiger partial charge in [0, 0.05) is 18.3 Å². The highest BCUT2D eigenvalue weighted by molar-refractivity contribution is 5.80. The van der Waals surface area contributed by atoms with Crippen LogP contribution in [0.1, 0.15) is 13.3 Å². The molecule has 3 nitrogen and oxygen atoms in total. The fourth-order valence-corrected chi connectivity index (χ4v) is 1.17. The summed E-state index contributed by atoms with van der Waals surface area (Å²) >= 11 is 0. The van der Waals surface area contributed by atoms with Crippen LogP contribution < -0.4 is 10.6 Å². The number of carbonyl (C=O) groups excluding carboxylic acids is 1. The van der Waals surface area contributed by atoms with Crippen molar-refractivity contribution in [1.29, 1.82) is 0 Å². The van der Waals surface area contributed by atoms with Gasteiger partial charge in [-0.3, -0.25) is 4.79 Å². The average molecular weight is 228 g/mol. The molecule has 2 N–H and O–H groups in total. The lowest BCUT2D eigenvalue weighted by atomic mass is 10.3. The van der Waals surface area contributed by atoms with Gasteiger partial charge in [0.2, 0.25) is 5.91 Å². The molecule has 0 saturated carbocycles. The standard InChI is InChI=1S/C11H14F2N2O/c1-2-3-14-11(16)7-15-10-5-8(12)4-9(13)6-10/h4-6,15H,2-3,7H2,1H3,(H,14,16). The summed E-state index contributed by atoms with van der Waals surface area (Å²) in [5, 5.41) is 5.29. The molecule has 1 aromatic rings. The van der Waals surface area contributed by atoms with Gasteiger partial charge in [0.25, 0.3) is 0 Å². The van der Waals surface area contributed by atoms with Crippen molar-refractivity contribution in [1.82, 2.24) is 5.32 Å². The highest BCUT2D eigenvalue weighted by atomic mass is 19.1. The lowest BCUT2D eigenvalue weighted by Gasteiger charge is -2.07. The number of benzene rings is 1. The Morgan fingerprint density at radius 1 is 1.25 bits per heavy atom. The van der Waals surface area contributed by atoms with Crippen molar-refractivity contribution in [2.75, 3.05) is 18.4 Å². The zero-order chi connectivity index (χ0) is 12.0. The maximum Gasteiger partial charge on any atom is 0.239 e. The van der Waals surface area contributed by atoms with Gasteiger partial charge in [-0.2, -0.15) is 0 Å². The largest absolute Gasteiger partial charge is 0.376 e. The first-order valence-electron chi connectivity index (χ1n) is 5.08. The highest BCUT2D eigenvalue weighted by Gasteiger charge is 2.02. The van der Waals surface area contributed by atoms with Crippen LogP contribution in [0.15, 0.2) is 18.2 Å². The summed E-state index contributed by atoms with van der Waals surface area (Å²) in [5.41, 5.74) is 0.254. The monoisotopic (exact) mass is 228 g/mol. The lowest BCUT2D eigenvalue weighted by molar-refractivity contribution is -0.119. The van der Waals surface area contributed by atoms with Gasteiger partial charge in [-0.05, 0) is 18.6 Å². The minimum Gasteiger partial charge on any atom is -0.376 e. The predicted octanol–water partition coefficient (Wildman–Crippen LogP) is 1.90. The van der Waals surface area contributed by atoms with Gasteiger partial charge in [0.1, 0.15) is 11.6 Å². The van der Waals surface area contributed by atoms with Crippen LogP contribution in [0.5, 0.6) is 0 Å². The van der Waals surface area contributed by atoms with Crippen LogP contribution in [0.25, 0.3) is 0 Å². The van der Waals surface area contributed by atoms with Crippen LogP contribution in [0.2, 0.25) is 0 Å². The average Bonchev–Trinajstić information content (AvgIpc) is 2.22. The van der Waals surface area contributed by atoms with Crippen LogP contribution in [0, 0.1) is 11.6 Å². The van der Waals surface area contributed by atoms with Crippen LogP contribution >= 0.6 is 0 Å². The molecule has 0 spiro atoms. The van der Waals surface area contributed by atoms with Crippen molar-refractivity contribution in [2.24, 2.45) is 0 Å². The molecule has 1 aromatic carbocycles. The molecule has 1 amide bonds. The second-order valence-electron chi connectivity index (χ2n) is 3.36. The van der Waals surface area contributed by atoms with Gasteiger partial charge >= 0.3 is 0 Å². The van der Waals surface area contributed by atoms with Crippen LogP contribution in [-0.2, 0) is 4.79 Å². The number of hydrogen-bond donors (Lipinski definition) is 2. The summed E-state index contributed by atoms with van der Waals surface area (Å²) in [6.45, 7) is 2.54. The Hall–Kier alpha value is -1.65. The van der Waals surface area contributed by atoms with Gasteiger partial charge in [0.05, 0.1) is 6.54 Å². The highest BCUT2D eigenvalue weighted by Crippen LogP contribution is 2.12. The summed E-state index contributed by atoms with van der Waals surface area (Å²) in [4.78, 5) is 11.2. The molecule has 0 aliphatic rings. The van der Waals surface area contributed by atoms with Crippen molar-refractivity contribution in [3.05, 3.63) is 29.8 Å². The molecule has 0 aliphatic carbocycles. The van der Waals surface area contributed by atoms with E-state index in [2.05, 4.69) is 10.6 Å². The fraction of sp³-hybridized carbons (Fsp3) is 0.364. The maximum absolute atomic E-state index is 12.8. The molecule has 0 aromatic heterocycles. The SMILES string of the molecule is CCCNC(=O)CNc1cc(F)cc(F)c1. The van der Waals surface area contributed by atoms with E-state index in [-0.39, 0.29) is 18.1 Å². The van der Waals surface area contributed by atoms with E-state index in [1.165, 1.54) is 0 Å². The molecule has 16 heavy (non-hydrogen) atoms. The van der Waals surface area contributed by atoms with Crippen molar-refractivity contribution < 1.29 is 13.6 Å². The Bertz CT molecular complexity index is 349. The molecular weight excluding hydrogens is 214 g/mol. The van der Waals surface area contributed by atoms with Gasteiger partial charge in [0.15, 0.2) is 0 Å². The minimum absolute atomic E-state index is 0.00287. The second-order valence-corrected chi connectivity index (χ2v) is 3.36. The van der Waals surface area contributed by atoms with Gasteiger partial charge in [-0.25, -0.2) is 8.78 Å². The third-order valence-electron chi connectivity index (χ3n) is 1.89. The van der Waals surface area contributed by atoms with Crippen molar-refractivity contribution in [3.8, 4) is 0 Å². The molecule has 0 aliphatic heterocycles. The Balaban J connectivity index is 2.45. The maximum atomic E-state index is 12.8. The van der Waals surface area contributed by atoms with Crippen LogP contribution in [0.3, 0.4) is 0 Å². The summed E-state index contributed by atoms with van der Waals surface area (Å²) in [6.07, 6.45) is 0.848. The molecule has 0 fully saturated rings. The zero-order valence-electron chi connectivity index (χ0n) is 9.02. The first kappa shape index (κ1) is 12.4. The minimum atomic E-state index is -0.670. The van der Waals surface area contributed by atoms with Gasteiger partial charge in [-0.1, -0.05) is 6.92 Å². The number of carbonyl (C=O) groups is 1. The van der Waals surface area contributed by atoms with E-state index < -0.39 is 11.6 Å². The third-order valence-corrected chi connectivity index (χ3v) is 1.89. The molecule has 5 heteroatoms. The smallest absolute Gasteiger partial charge is 0.239 e. The summed E-state index contributed by atoms with van der Waals surface area (Å²) in [7, 11) is 0. The summed E-state index contributed by atoms with van der Waals surface area (Å²) in [5.74, 6) is -1.54. The van der Waals surface area contributed by atoms with Crippen molar-refractivity contribution in [3.63, 3.8) is 0 Å². The summed E-state index contributed by atoms with van der Waals surface area (Å²) in [6, 6.07) is 3.05. The Morgan fingerprint density at radius 3 is 2.44 bits per heavy atom. The fourth-order valence-electron chi connectivity index (χ4n) is 1.17. The van der Waals surface area contributed by atoms with E-state index in [1.807, 2.05) is 6.92 Å². The number of hydrogen-bond acceptors (Lipinski definition) is 2. The topological polar surface area (TPSA) is 41.1 Å². The Labute approximate surface area is 92.8 Å². The van der Waals surface area contributed by atoms with E-state index in [4.69, 9.17) is 0 Å². The molecule has 0 atom stereocenters. The number of halogens is 2. The van der Waals surface area contributed by atoms with E-state index in [0.29, 0.717) is 6.54 Å². The van der Waals surface area contributed by atoms with E-state index >= 15 is 0 Å². The van der Waals surface area contributed by atoms with Crippen molar-refractivity contribution >= 4 is 11.6 Å². The number of rotatable bonds is 5. The first-order valence-corrected chi connectivity index (χ1v) is 5.08. The molecule has 0 heterocycles. The Kier molecular flexibility index (Phi) is 4.69. The number of nitrogens with one attached hydrogen (secondary N) is 2. The molecule has 0 saturated heterocycles. The van der Waals surface area contributed by atoms with E-state index in [1.54, 1.807) is 0 Å². The normalized spacial score (nSPS) is 9.94. The molecule has 1 rings (SSSR count). The van der Waals surface area contributed by atoms with E-state index in [0.717, 1.165) is 24.6 Å². The molecule has 88 valence electrons. The quantitative estimate of drug-likeness (QED) is 0.808. The zero-order valence-corrected chi connectivity index (χ0v) is 9.02. The van der Waals surface area contributed by atoms with E-state index in [9.17, 15) is 13.6 Å². The van der Waals surface area contributed by atoms with Gasteiger partial charge < -0.3 is 10.6 Å². The molecule has 0 radical (unpaired) electrons. The molecular formula is C11H14F2N2O. The van der Waals surface area contributed by atoms with Crippen LogP contribution in [-0.4, -0.2) is 19.0 Å². The number of amides is 1. The third kappa shape index (κ3) is 4.25. The summed E-state index contributed by atoms with van der Waals surface area (Å²) < 4.78 is 25.5. The Morgan fingerprint density at radius 2 is 1.88 bits per heavy atom. The van der Waals surface area contributed by atoms with Crippen LogP contribution in [0.4, 0.5) is 14.5 Å².